The molecule has 1 aromatic carbocycles. The van der Waals surface area contributed by atoms with Crippen molar-refractivity contribution in [1.29, 1.82) is 0 Å². The van der Waals surface area contributed by atoms with E-state index in [1.165, 1.54) is 0 Å². The summed E-state index contributed by atoms with van der Waals surface area (Å²) in [6.07, 6.45) is 2.08. The Balaban J connectivity index is 2.81. The molecule has 1 aromatic heterocycles. The molecule has 1 heterocycles. The molecule has 0 bridgehead atoms. The van der Waals surface area contributed by atoms with Crippen LogP contribution < -0.4 is 4.74 Å². The SMILES string of the molecule is COc1ccc(S)c2ccn(C(C)C)c12. The molecule has 0 saturated carbocycles. The lowest BCUT2D eigenvalue weighted by Gasteiger charge is -2.12. The van der Waals surface area contributed by atoms with Crippen molar-refractivity contribution in [2.24, 2.45) is 0 Å². The van der Waals surface area contributed by atoms with E-state index in [2.05, 4.69) is 43.3 Å². The maximum atomic E-state index is 5.38. The van der Waals surface area contributed by atoms with E-state index < -0.39 is 0 Å². The Bertz CT molecular complexity index is 488. The number of thiol groups is 1. The predicted molar refractivity (Wildman–Crippen MR) is 66.1 cm³/mol. The molecule has 0 aliphatic heterocycles. The molecule has 3 heteroatoms. The maximum absolute atomic E-state index is 5.38. The van der Waals surface area contributed by atoms with Crippen molar-refractivity contribution < 1.29 is 4.74 Å². The highest BCUT2D eigenvalue weighted by atomic mass is 32.1. The smallest absolute Gasteiger partial charge is 0.143 e. The van der Waals surface area contributed by atoms with Gasteiger partial charge in [0.25, 0.3) is 0 Å². The number of hydrogen-bond donors (Lipinski definition) is 1. The number of benzene rings is 1. The van der Waals surface area contributed by atoms with Crippen LogP contribution in [-0.2, 0) is 0 Å². The standard InChI is InChI=1S/C12H15NOS/c1-8(2)13-7-6-9-11(15)5-4-10(14-3)12(9)13/h4-8,15H,1-3H3. The van der Waals surface area contributed by atoms with Gasteiger partial charge in [-0.1, -0.05) is 0 Å². The summed E-state index contributed by atoms with van der Waals surface area (Å²) in [5, 5.41) is 1.14. The van der Waals surface area contributed by atoms with Gasteiger partial charge in [-0.25, -0.2) is 0 Å². The Morgan fingerprint density at radius 1 is 1.27 bits per heavy atom. The van der Waals surface area contributed by atoms with Gasteiger partial charge < -0.3 is 9.30 Å². The molecule has 0 radical (unpaired) electrons. The summed E-state index contributed by atoms with van der Waals surface area (Å²) in [5.41, 5.74) is 1.12. The quantitative estimate of drug-likeness (QED) is 0.766. The van der Waals surface area contributed by atoms with Crippen LogP contribution in [0.3, 0.4) is 0 Å². The van der Waals surface area contributed by atoms with Crippen LogP contribution in [0.2, 0.25) is 0 Å². The summed E-state index contributed by atoms with van der Waals surface area (Å²) in [6.45, 7) is 4.31. The van der Waals surface area contributed by atoms with Crippen LogP contribution in [0, 0.1) is 0 Å². The monoisotopic (exact) mass is 221 g/mol. The highest BCUT2D eigenvalue weighted by molar-refractivity contribution is 7.80. The molecule has 2 nitrogen and oxygen atoms in total. The molecule has 0 saturated heterocycles. The maximum Gasteiger partial charge on any atom is 0.143 e. The van der Waals surface area contributed by atoms with Gasteiger partial charge in [-0.2, -0.15) is 0 Å². The van der Waals surface area contributed by atoms with Crippen LogP contribution >= 0.6 is 12.6 Å². The van der Waals surface area contributed by atoms with Gasteiger partial charge in [0.2, 0.25) is 0 Å². The number of ether oxygens (including phenoxy) is 1. The predicted octanol–water partition coefficient (Wildman–Crippen LogP) is 3.52. The molecule has 0 spiro atoms. The summed E-state index contributed by atoms with van der Waals surface area (Å²) < 4.78 is 7.58. The summed E-state index contributed by atoms with van der Waals surface area (Å²) in [7, 11) is 1.70. The largest absolute Gasteiger partial charge is 0.495 e. The van der Waals surface area contributed by atoms with Crippen molar-refractivity contribution in [2.45, 2.75) is 24.8 Å². The minimum absolute atomic E-state index is 0.423. The van der Waals surface area contributed by atoms with Gasteiger partial charge in [0, 0.05) is 22.5 Å². The molecular formula is C12H15NOS. The highest BCUT2D eigenvalue weighted by Crippen LogP contribution is 2.32. The number of fused-ring (bicyclic) bond motifs is 1. The third-order valence-electron chi connectivity index (χ3n) is 2.59. The van der Waals surface area contributed by atoms with Crippen LogP contribution in [0.15, 0.2) is 29.3 Å². The molecule has 2 aromatic rings. The lowest BCUT2D eigenvalue weighted by atomic mass is 10.2. The highest BCUT2D eigenvalue weighted by Gasteiger charge is 2.11. The van der Waals surface area contributed by atoms with E-state index in [0.717, 1.165) is 21.5 Å². The number of nitrogens with zero attached hydrogens (tertiary/aromatic N) is 1. The van der Waals surface area contributed by atoms with E-state index in [9.17, 15) is 0 Å². The lowest BCUT2D eigenvalue weighted by molar-refractivity contribution is 0.416. The summed E-state index contributed by atoms with van der Waals surface area (Å²) in [6, 6.07) is 6.44. The van der Waals surface area contributed by atoms with Gasteiger partial charge in [0.05, 0.1) is 12.6 Å². The van der Waals surface area contributed by atoms with Crippen LogP contribution in [0.4, 0.5) is 0 Å². The van der Waals surface area contributed by atoms with E-state index in [1.54, 1.807) is 7.11 Å². The van der Waals surface area contributed by atoms with Crippen LogP contribution in [0.1, 0.15) is 19.9 Å². The lowest BCUT2D eigenvalue weighted by Crippen LogP contribution is -1.99. The van der Waals surface area contributed by atoms with Gasteiger partial charge in [-0.05, 0) is 32.0 Å². The van der Waals surface area contributed by atoms with Crippen LogP contribution in [0.25, 0.3) is 10.9 Å². The molecule has 80 valence electrons. The van der Waals surface area contributed by atoms with Gasteiger partial charge in [0.1, 0.15) is 5.75 Å². The molecule has 0 aliphatic rings. The molecule has 0 amide bonds. The minimum atomic E-state index is 0.423. The Kier molecular flexibility index (Phi) is 2.65. The second-order valence-electron chi connectivity index (χ2n) is 3.87. The number of rotatable bonds is 2. The van der Waals surface area contributed by atoms with Crippen LogP contribution in [-0.4, -0.2) is 11.7 Å². The molecule has 0 aliphatic carbocycles. The normalized spacial score (nSPS) is 11.3. The second-order valence-corrected chi connectivity index (χ2v) is 4.35. The van der Waals surface area contributed by atoms with E-state index in [1.807, 2.05) is 12.1 Å². The third-order valence-corrected chi connectivity index (χ3v) is 2.98. The zero-order chi connectivity index (χ0) is 11.0. The van der Waals surface area contributed by atoms with Crippen molar-refractivity contribution in [1.82, 2.24) is 4.57 Å². The average molecular weight is 221 g/mol. The van der Waals surface area contributed by atoms with Gasteiger partial charge in [-0.15, -0.1) is 12.6 Å². The third kappa shape index (κ3) is 1.61. The molecule has 0 atom stereocenters. The van der Waals surface area contributed by atoms with Crippen molar-refractivity contribution in [3.63, 3.8) is 0 Å². The van der Waals surface area contributed by atoms with Crippen molar-refractivity contribution in [2.75, 3.05) is 7.11 Å². The minimum Gasteiger partial charge on any atom is -0.495 e. The fraction of sp³-hybridized carbons (Fsp3) is 0.333. The molecule has 15 heavy (non-hydrogen) atoms. The van der Waals surface area contributed by atoms with Crippen molar-refractivity contribution >= 4 is 23.5 Å². The number of hydrogen-bond acceptors (Lipinski definition) is 2. The average Bonchev–Trinajstić information content (AvgIpc) is 2.64. The van der Waals surface area contributed by atoms with E-state index in [4.69, 9.17) is 4.74 Å². The zero-order valence-corrected chi connectivity index (χ0v) is 10.1. The van der Waals surface area contributed by atoms with Crippen molar-refractivity contribution in [3.8, 4) is 5.75 Å². The number of aromatic nitrogens is 1. The summed E-state index contributed by atoms with van der Waals surface area (Å²) >= 11 is 4.45. The summed E-state index contributed by atoms with van der Waals surface area (Å²) in [5.74, 6) is 0.904. The van der Waals surface area contributed by atoms with E-state index in [0.29, 0.717) is 6.04 Å². The van der Waals surface area contributed by atoms with Crippen LogP contribution in [0.5, 0.6) is 5.75 Å². The first-order valence-corrected chi connectivity index (χ1v) is 5.46. The zero-order valence-electron chi connectivity index (χ0n) is 9.19. The van der Waals surface area contributed by atoms with Crippen molar-refractivity contribution in [3.05, 3.63) is 24.4 Å². The van der Waals surface area contributed by atoms with E-state index in [-0.39, 0.29) is 0 Å². The second kappa shape index (κ2) is 3.81. The molecule has 0 N–H and O–H groups in total. The molecule has 0 unspecified atom stereocenters. The topological polar surface area (TPSA) is 14.2 Å². The molecule has 2 rings (SSSR count). The van der Waals surface area contributed by atoms with Gasteiger partial charge in [-0.3, -0.25) is 0 Å². The van der Waals surface area contributed by atoms with Gasteiger partial charge in [0.15, 0.2) is 0 Å². The Morgan fingerprint density at radius 3 is 2.60 bits per heavy atom. The first-order valence-electron chi connectivity index (χ1n) is 5.01. The Hall–Kier alpha value is -1.09. The fourth-order valence-electron chi connectivity index (χ4n) is 1.83. The first kappa shape index (κ1) is 10.4. The Labute approximate surface area is 95.3 Å². The Morgan fingerprint density at radius 2 is 2.00 bits per heavy atom. The van der Waals surface area contributed by atoms with Gasteiger partial charge >= 0.3 is 0 Å². The number of methoxy groups -OCH3 is 1. The first-order chi connectivity index (χ1) is 7.15. The molecular weight excluding hydrogens is 206 g/mol. The fourth-order valence-corrected chi connectivity index (χ4v) is 2.09. The van der Waals surface area contributed by atoms with E-state index >= 15 is 0 Å². The summed E-state index contributed by atoms with van der Waals surface area (Å²) in [4.78, 5) is 0.991. The molecule has 0 fully saturated rings.